The quantitative estimate of drug-likeness (QED) is 0.849. The summed E-state index contributed by atoms with van der Waals surface area (Å²) in [4.78, 5) is 36.2. The standard InChI is InChI=1S/C19H20N2O4/c20-10-12-3-1-6-16(7-12)21-17(22)11-25-19(24)15-8-13-4-2-5-14(9-15)18(13)23/h1,3,6-7,13-15H,2,4-5,8-9,11H2,(H,21,22)/t13-,14+,15?. The first kappa shape index (κ1) is 17.2. The molecule has 2 aliphatic rings. The number of hydrogen-bond donors (Lipinski definition) is 1. The number of anilines is 1. The Labute approximate surface area is 146 Å². The lowest BCUT2D eigenvalue weighted by Crippen LogP contribution is -2.40. The zero-order valence-electron chi connectivity index (χ0n) is 13.9. The number of carbonyl (C=O) groups is 3. The third-order valence-corrected chi connectivity index (χ3v) is 5.00. The summed E-state index contributed by atoms with van der Waals surface area (Å²) in [7, 11) is 0. The molecule has 0 heterocycles. The number of nitriles is 1. The number of nitrogens with zero attached hydrogens (tertiary/aromatic N) is 1. The van der Waals surface area contributed by atoms with Crippen LogP contribution in [-0.4, -0.2) is 24.3 Å². The van der Waals surface area contributed by atoms with Crippen LogP contribution in [0.4, 0.5) is 5.69 Å². The lowest BCUT2D eigenvalue weighted by atomic mass is 9.67. The molecule has 2 fully saturated rings. The van der Waals surface area contributed by atoms with Gasteiger partial charge in [-0.05, 0) is 43.9 Å². The van der Waals surface area contributed by atoms with E-state index >= 15 is 0 Å². The maximum atomic E-state index is 12.2. The van der Waals surface area contributed by atoms with E-state index in [4.69, 9.17) is 10.00 Å². The summed E-state index contributed by atoms with van der Waals surface area (Å²) in [6.45, 7) is -0.366. The molecule has 130 valence electrons. The van der Waals surface area contributed by atoms with Crippen molar-refractivity contribution in [3.05, 3.63) is 29.8 Å². The Morgan fingerprint density at radius 1 is 1.24 bits per heavy atom. The van der Waals surface area contributed by atoms with Crippen molar-refractivity contribution < 1.29 is 19.1 Å². The summed E-state index contributed by atoms with van der Waals surface area (Å²) in [5, 5.41) is 11.4. The average molecular weight is 340 g/mol. The number of hydrogen-bond acceptors (Lipinski definition) is 5. The van der Waals surface area contributed by atoms with Gasteiger partial charge in [-0.1, -0.05) is 12.5 Å². The molecule has 6 heteroatoms. The van der Waals surface area contributed by atoms with Crippen LogP contribution >= 0.6 is 0 Å². The second kappa shape index (κ2) is 7.47. The fourth-order valence-electron chi connectivity index (χ4n) is 3.79. The van der Waals surface area contributed by atoms with Gasteiger partial charge in [-0.3, -0.25) is 14.4 Å². The number of Topliss-reactive ketones (excluding diaryl/α,β-unsaturated/α-hetero) is 1. The fraction of sp³-hybridized carbons (Fsp3) is 0.474. The third-order valence-electron chi connectivity index (χ3n) is 5.00. The number of benzene rings is 1. The molecule has 0 aliphatic heterocycles. The summed E-state index contributed by atoms with van der Waals surface area (Å²) < 4.78 is 5.15. The molecule has 1 aromatic rings. The van der Waals surface area contributed by atoms with Crippen LogP contribution in [0.15, 0.2) is 24.3 Å². The average Bonchev–Trinajstić information content (AvgIpc) is 2.59. The zero-order valence-corrected chi connectivity index (χ0v) is 13.9. The molecular weight excluding hydrogens is 320 g/mol. The molecule has 3 atom stereocenters. The van der Waals surface area contributed by atoms with Crippen molar-refractivity contribution in [3.63, 3.8) is 0 Å². The summed E-state index contributed by atoms with van der Waals surface area (Å²) in [5.41, 5.74) is 0.922. The van der Waals surface area contributed by atoms with Gasteiger partial charge in [-0.25, -0.2) is 0 Å². The van der Waals surface area contributed by atoms with E-state index in [0.29, 0.717) is 29.9 Å². The number of amides is 1. The largest absolute Gasteiger partial charge is 0.455 e. The highest BCUT2D eigenvalue weighted by molar-refractivity contribution is 5.93. The number of ketones is 1. The lowest BCUT2D eigenvalue weighted by Gasteiger charge is -2.36. The number of nitrogens with one attached hydrogen (secondary N) is 1. The van der Waals surface area contributed by atoms with Crippen LogP contribution in [0.3, 0.4) is 0 Å². The third kappa shape index (κ3) is 4.05. The van der Waals surface area contributed by atoms with E-state index in [-0.39, 0.29) is 24.4 Å². The van der Waals surface area contributed by atoms with Crippen molar-refractivity contribution in [1.82, 2.24) is 0 Å². The number of rotatable bonds is 4. The van der Waals surface area contributed by atoms with Crippen molar-refractivity contribution in [1.29, 1.82) is 5.26 Å². The Hall–Kier alpha value is -2.68. The maximum absolute atomic E-state index is 12.2. The highest BCUT2D eigenvalue weighted by Gasteiger charge is 2.41. The van der Waals surface area contributed by atoms with Crippen molar-refractivity contribution in [2.75, 3.05) is 11.9 Å². The monoisotopic (exact) mass is 340 g/mol. The van der Waals surface area contributed by atoms with E-state index in [9.17, 15) is 14.4 Å². The second-order valence-electron chi connectivity index (χ2n) is 6.74. The zero-order chi connectivity index (χ0) is 17.8. The van der Waals surface area contributed by atoms with Crippen molar-refractivity contribution in [2.24, 2.45) is 17.8 Å². The Morgan fingerprint density at radius 2 is 1.96 bits per heavy atom. The maximum Gasteiger partial charge on any atom is 0.309 e. The highest BCUT2D eigenvalue weighted by atomic mass is 16.5. The minimum atomic E-state index is -0.449. The number of fused-ring (bicyclic) bond motifs is 2. The van der Waals surface area contributed by atoms with E-state index in [1.165, 1.54) is 0 Å². The lowest BCUT2D eigenvalue weighted by molar-refractivity contribution is -0.155. The van der Waals surface area contributed by atoms with Crippen molar-refractivity contribution in [2.45, 2.75) is 32.1 Å². The molecule has 6 nitrogen and oxygen atoms in total. The van der Waals surface area contributed by atoms with Crippen LogP contribution in [-0.2, 0) is 19.1 Å². The van der Waals surface area contributed by atoms with Gasteiger partial charge in [0.05, 0.1) is 17.6 Å². The molecule has 1 amide bonds. The molecule has 3 rings (SSSR count). The van der Waals surface area contributed by atoms with E-state index in [2.05, 4.69) is 5.32 Å². The van der Waals surface area contributed by atoms with E-state index in [1.807, 2.05) is 6.07 Å². The van der Waals surface area contributed by atoms with Gasteiger partial charge in [0.15, 0.2) is 6.61 Å². The fourth-order valence-corrected chi connectivity index (χ4v) is 3.79. The minimum absolute atomic E-state index is 0.0207. The molecule has 2 bridgehead atoms. The normalized spacial score (nSPS) is 24.9. The van der Waals surface area contributed by atoms with Crippen molar-refractivity contribution >= 4 is 23.3 Å². The predicted molar refractivity (Wildman–Crippen MR) is 89.3 cm³/mol. The van der Waals surface area contributed by atoms with Crippen LogP contribution in [0.25, 0.3) is 0 Å². The smallest absolute Gasteiger partial charge is 0.309 e. The van der Waals surface area contributed by atoms with Crippen LogP contribution in [0.1, 0.15) is 37.7 Å². The molecule has 1 N–H and O–H groups in total. The van der Waals surface area contributed by atoms with Gasteiger partial charge in [0.1, 0.15) is 5.78 Å². The molecule has 1 unspecified atom stereocenters. The molecule has 0 saturated heterocycles. The molecule has 0 radical (unpaired) electrons. The van der Waals surface area contributed by atoms with E-state index in [1.54, 1.807) is 24.3 Å². The summed E-state index contributed by atoms with van der Waals surface area (Å²) in [5.74, 6) is -0.880. The Bertz CT molecular complexity index is 721. The van der Waals surface area contributed by atoms with Crippen LogP contribution in [0.5, 0.6) is 0 Å². The summed E-state index contributed by atoms with van der Waals surface area (Å²) >= 11 is 0. The SMILES string of the molecule is N#Cc1cccc(NC(=O)COC(=O)C2C[C@H]3CCC[C@@H](C2)C3=O)c1. The number of ether oxygens (including phenoxy) is 1. The molecule has 0 spiro atoms. The molecule has 2 saturated carbocycles. The van der Waals surface area contributed by atoms with E-state index < -0.39 is 11.9 Å². The molecule has 0 aromatic heterocycles. The van der Waals surface area contributed by atoms with Gasteiger partial charge in [0.25, 0.3) is 5.91 Å². The van der Waals surface area contributed by atoms with Crippen LogP contribution < -0.4 is 5.32 Å². The van der Waals surface area contributed by atoms with Gasteiger partial charge in [-0.2, -0.15) is 5.26 Å². The first-order valence-electron chi connectivity index (χ1n) is 8.57. The van der Waals surface area contributed by atoms with Gasteiger partial charge >= 0.3 is 5.97 Å². The first-order chi connectivity index (χ1) is 12.1. The number of carbonyl (C=O) groups excluding carboxylic acids is 3. The molecule has 25 heavy (non-hydrogen) atoms. The second-order valence-corrected chi connectivity index (χ2v) is 6.74. The van der Waals surface area contributed by atoms with Gasteiger partial charge in [-0.15, -0.1) is 0 Å². The van der Waals surface area contributed by atoms with Gasteiger partial charge in [0.2, 0.25) is 0 Å². The minimum Gasteiger partial charge on any atom is -0.455 e. The van der Waals surface area contributed by atoms with Gasteiger partial charge < -0.3 is 10.1 Å². The van der Waals surface area contributed by atoms with Crippen LogP contribution in [0.2, 0.25) is 0 Å². The predicted octanol–water partition coefficient (Wildman–Crippen LogP) is 2.44. The topological polar surface area (TPSA) is 96.3 Å². The van der Waals surface area contributed by atoms with Crippen molar-refractivity contribution in [3.8, 4) is 6.07 Å². The first-order valence-corrected chi connectivity index (χ1v) is 8.57. The molecule has 2 aliphatic carbocycles. The molecule has 1 aromatic carbocycles. The summed E-state index contributed by atoms with van der Waals surface area (Å²) in [6, 6.07) is 8.50. The Balaban J connectivity index is 1.49. The number of esters is 1. The van der Waals surface area contributed by atoms with Gasteiger partial charge in [0, 0.05) is 17.5 Å². The molecular formula is C19H20N2O4. The summed E-state index contributed by atoms with van der Waals surface area (Å²) in [6.07, 6.45) is 3.84. The Kier molecular flexibility index (Phi) is 5.13. The highest BCUT2D eigenvalue weighted by Crippen LogP contribution is 2.40. The van der Waals surface area contributed by atoms with E-state index in [0.717, 1.165) is 19.3 Å². The van der Waals surface area contributed by atoms with Crippen LogP contribution in [0, 0.1) is 29.1 Å². The Morgan fingerprint density at radius 3 is 2.64 bits per heavy atom.